The topological polar surface area (TPSA) is 64.5 Å². The van der Waals surface area contributed by atoms with Gasteiger partial charge in [-0.3, -0.25) is 0 Å². The highest BCUT2D eigenvalue weighted by molar-refractivity contribution is 4.96. The van der Waals surface area contributed by atoms with E-state index in [1.165, 1.54) is 199 Å². The Bertz CT molecular complexity index is 1020. The number of hydrogen-bond acceptors (Lipinski definition) is 4. The summed E-state index contributed by atoms with van der Waals surface area (Å²) in [6, 6.07) is 0.778. The zero-order chi connectivity index (χ0) is 43.3. The highest BCUT2D eigenvalue weighted by Gasteiger charge is 2.41. The largest absolute Gasteiger partial charge is 0.395 e. The van der Waals surface area contributed by atoms with Crippen molar-refractivity contribution < 1.29 is 10.2 Å². The first-order valence-electron chi connectivity index (χ1n) is 26.7. The van der Waals surface area contributed by atoms with E-state index in [1.54, 1.807) is 0 Å². The average Bonchev–Trinajstić information content (AvgIpc) is 3.25. The van der Waals surface area contributed by atoms with Crippen LogP contribution >= 0.6 is 0 Å². The molecule has 3 unspecified atom stereocenters. The van der Waals surface area contributed by atoms with Crippen molar-refractivity contribution in [1.82, 2.24) is 10.6 Å². The summed E-state index contributed by atoms with van der Waals surface area (Å²) >= 11 is 0. The summed E-state index contributed by atoms with van der Waals surface area (Å²) in [7, 11) is 0. The van der Waals surface area contributed by atoms with Crippen molar-refractivity contribution in [3.63, 3.8) is 0 Å². The predicted octanol–water partition coefficient (Wildman–Crippen LogP) is 15.7. The molecule has 4 atom stereocenters. The van der Waals surface area contributed by atoms with Gasteiger partial charge >= 0.3 is 0 Å². The SMILES string of the molecule is CCCCC/C=C\C/C=C\CCCCCCCCC1(CCCCCCCC/C=C\C/C=C\CCCCC)CCC(C)(CC[C@H]2CC(NCCO)C(NCCO)CC2C)CC1. The van der Waals surface area contributed by atoms with E-state index in [0.29, 0.717) is 41.9 Å². The highest BCUT2D eigenvalue weighted by Crippen LogP contribution is 2.53. The normalized spacial score (nSPS) is 22.0. The minimum atomic E-state index is 0.187. The first-order valence-corrected chi connectivity index (χ1v) is 26.7. The standard InChI is InChI=1S/C56H104N2O2/c1-5-7-9-11-13-15-17-19-21-23-25-27-29-31-33-35-38-56(39-36-34-32-30-28-26-24-22-20-18-16-14-12-10-8-6-2)43-41-55(4,42-44-56)40-37-52-50-54(58-46-48-60)53(49-51(52)3)57-45-47-59/h13-16,19-22,51-54,57-60H,5-12,17-18,23-50H2,1-4H3/b15-13-,16-14-,21-19-,22-20-/t51?,52-,53?,54?/m0/s1. The number of aliphatic hydroxyl groups excluding tert-OH is 2. The van der Waals surface area contributed by atoms with Crippen LogP contribution in [0.4, 0.5) is 0 Å². The predicted molar refractivity (Wildman–Crippen MR) is 266 cm³/mol. The molecule has 0 spiro atoms. The van der Waals surface area contributed by atoms with E-state index < -0.39 is 0 Å². The van der Waals surface area contributed by atoms with Crippen molar-refractivity contribution in [3.05, 3.63) is 48.6 Å². The Hall–Kier alpha value is -1.20. The van der Waals surface area contributed by atoms with Gasteiger partial charge in [-0.1, -0.05) is 166 Å². The van der Waals surface area contributed by atoms with E-state index in [4.69, 9.17) is 0 Å². The van der Waals surface area contributed by atoms with Crippen molar-refractivity contribution in [1.29, 1.82) is 0 Å². The maximum absolute atomic E-state index is 9.54. The third-order valence-corrected chi connectivity index (χ3v) is 15.0. The highest BCUT2D eigenvalue weighted by atomic mass is 16.3. The summed E-state index contributed by atoms with van der Waals surface area (Å²) in [5.41, 5.74) is 1.08. The van der Waals surface area contributed by atoms with Gasteiger partial charge in [-0.25, -0.2) is 0 Å². The number of allylic oxidation sites excluding steroid dienone is 8. The van der Waals surface area contributed by atoms with E-state index in [9.17, 15) is 10.2 Å². The molecule has 4 N–H and O–H groups in total. The Kier molecular flexibility index (Phi) is 34.1. The molecule has 2 fully saturated rings. The summed E-state index contributed by atoms with van der Waals surface area (Å²) in [5, 5.41) is 26.2. The van der Waals surface area contributed by atoms with Gasteiger partial charge in [-0.15, -0.1) is 0 Å². The van der Waals surface area contributed by atoms with E-state index in [-0.39, 0.29) is 13.2 Å². The molecule has 0 aliphatic heterocycles. The van der Waals surface area contributed by atoms with Gasteiger partial charge in [-0.2, -0.15) is 0 Å². The first kappa shape index (κ1) is 54.9. The molecule has 0 saturated heterocycles. The minimum absolute atomic E-state index is 0.187. The van der Waals surface area contributed by atoms with Gasteiger partial charge < -0.3 is 20.8 Å². The molecule has 2 rings (SSSR count). The van der Waals surface area contributed by atoms with Crippen molar-refractivity contribution in [3.8, 4) is 0 Å². The molecule has 0 aromatic heterocycles. The van der Waals surface area contributed by atoms with Crippen LogP contribution in [0.1, 0.15) is 246 Å². The fourth-order valence-corrected chi connectivity index (χ4v) is 10.6. The molecule has 0 radical (unpaired) electrons. The van der Waals surface area contributed by atoms with Crippen LogP contribution in [0.3, 0.4) is 0 Å². The minimum Gasteiger partial charge on any atom is -0.395 e. The second-order valence-corrected chi connectivity index (χ2v) is 20.3. The number of rotatable bonds is 39. The van der Waals surface area contributed by atoms with E-state index >= 15 is 0 Å². The molecule has 60 heavy (non-hydrogen) atoms. The van der Waals surface area contributed by atoms with Crippen LogP contribution < -0.4 is 10.6 Å². The summed E-state index contributed by atoms with van der Waals surface area (Å²) in [5.74, 6) is 1.45. The monoisotopic (exact) mass is 837 g/mol. The Morgan fingerprint density at radius 1 is 0.483 bits per heavy atom. The Morgan fingerprint density at radius 3 is 1.32 bits per heavy atom. The summed E-state index contributed by atoms with van der Waals surface area (Å²) < 4.78 is 0. The second kappa shape index (κ2) is 37.2. The number of nitrogens with one attached hydrogen (secondary N) is 2. The molecule has 4 heteroatoms. The van der Waals surface area contributed by atoms with Gasteiger partial charge in [0.05, 0.1) is 13.2 Å². The Balaban J connectivity index is 1.77. The quantitative estimate of drug-likeness (QED) is 0.0368. The average molecular weight is 837 g/mol. The van der Waals surface area contributed by atoms with Crippen LogP contribution in [-0.2, 0) is 0 Å². The van der Waals surface area contributed by atoms with E-state index in [1.807, 2.05) is 0 Å². The first-order chi connectivity index (χ1) is 29.4. The van der Waals surface area contributed by atoms with Crippen LogP contribution in [-0.4, -0.2) is 48.6 Å². The number of hydrogen-bond donors (Lipinski definition) is 4. The Morgan fingerprint density at radius 2 is 0.883 bits per heavy atom. The van der Waals surface area contributed by atoms with Crippen molar-refractivity contribution in [2.45, 2.75) is 258 Å². The maximum atomic E-state index is 9.54. The smallest absolute Gasteiger partial charge is 0.0556 e. The van der Waals surface area contributed by atoms with Gasteiger partial charge in [0.2, 0.25) is 0 Å². The van der Waals surface area contributed by atoms with Gasteiger partial charge in [0.1, 0.15) is 0 Å². The zero-order valence-corrected chi connectivity index (χ0v) is 40.7. The molecule has 2 aliphatic rings. The molecule has 2 aliphatic carbocycles. The molecule has 0 amide bonds. The lowest BCUT2D eigenvalue weighted by atomic mass is 9.59. The number of unbranched alkanes of at least 4 members (excludes halogenated alkanes) is 18. The van der Waals surface area contributed by atoms with E-state index in [2.05, 4.69) is 86.9 Å². The molecular weight excluding hydrogens is 733 g/mol. The second-order valence-electron chi connectivity index (χ2n) is 20.3. The van der Waals surface area contributed by atoms with Gasteiger partial charge in [0, 0.05) is 25.2 Å². The molecule has 0 bridgehead atoms. The molecule has 4 nitrogen and oxygen atoms in total. The summed E-state index contributed by atoms with van der Waals surface area (Å²) in [6.45, 7) is 11.4. The van der Waals surface area contributed by atoms with Crippen LogP contribution in [0.25, 0.3) is 0 Å². The fraction of sp³-hybridized carbons (Fsp3) is 0.857. The molecule has 0 heterocycles. The van der Waals surface area contributed by atoms with Crippen LogP contribution in [0.2, 0.25) is 0 Å². The zero-order valence-electron chi connectivity index (χ0n) is 40.7. The van der Waals surface area contributed by atoms with Crippen LogP contribution in [0, 0.1) is 22.7 Å². The Labute approximate surface area is 375 Å². The summed E-state index contributed by atoms with van der Waals surface area (Å²) in [4.78, 5) is 0. The molecule has 2 saturated carbocycles. The molecular formula is C56H104N2O2. The van der Waals surface area contributed by atoms with Gasteiger partial charge in [0.15, 0.2) is 0 Å². The third-order valence-electron chi connectivity index (χ3n) is 15.0. The van der Waals surface area contributed by atoms with Gasteiger partial charge in [-0.05, 0) is 151 Å². The lowest BCUT2D eigenvalue weighted by molar-refractivity contribution is 0.0512. The van der Waals surface area contributed by atoms with Crippen LogP contribution in [0.5, 0.6) is 0 Å². The van der Waals surface area contributed by atoms with Crippen LogP contribution in [0.15, 0.2) is 48.6 Å². The van der Waals surface area contributed by atoms with Crippen molar-refractivity contribution in [2.75, 3.05) is 26.3 Å². The number of aliphatic hydroxyl groups is 2. The van der Waals surface area contributed by atoms with Crippen molar-refractivity contribution in [2.24, 2.45) is 22.7 Å². The molecule has 0 aromatic carbocycles. The van der Waals surface area contributed by atoms with Crippen molar-refractivity contribution >= 4 is 0 Å². The fourth-order valence-electron chi connectivity index (χ4n) is 10.6. The molecule has 350 valence electrons. The van der Waals surface area contributed by atoms with Gasteiger partial charge in [0.25, 0.3) is 0 Å². The maximum Gasteiger partial charge on any atom is 0.0556 e. The summed E-state index contributed by atoms with van der Waals surface area (Å²) in [6.07, 6.45) is 64.9. The van der Waals surface area contributed by atoms with E-state index in [0.717, 1.165) is 25.2 Å². The molecule has 0 aromatic rings. The third kappa shape index (κ3) is 27.1. The lowest BCUT2D eigenvalue weighted by Gasteiger charge is -2.47. The lowest BCUT2D eigenvalue weighted by Crippen LogP contribution is -2.54.